The van der Waals surface area contributed by atoms with E-state index in [9.17, 15) is 9.59 Å². The van der Waals surface area contributed by atoms with Gasteiger partial charge in [0, 0.05) is 18.9 Å². The highest BCUT2D eigenvalue weighted by Gasteiger charge is 2.39. The molecule has 1 fully saturated rings. The van der Waals surface area contributed by atoms with Gasteiger partial charge in [-0.1, -0.05) is 30.3 Å². The molecule has 1 saturated carbocycles. The number of carboxylic acids is 1. The maximum Gasteiger partial charge on any atom is 0.303 e. The summed E-state index contributed by atoms with van der Waals surface area (Å²) < 4.78 is 0. The van der Waals surface area contributed by atoms with E-state index in [0.717, 1.165) is 6.42 Å². The van der Waals surface area contributed by atoms with Crippen molar-refractivity contribution >= 4 is 11.9 Å². The van der Waals surface area contributed by atoms with E-state index in [-0.39, 0.29) is 18.4 Å². The number of aliphatic carboxylic acids is 1. The zero-order chi connectivity index (χ0) is 14.5. The van der Waals surface area contributed by atoms with Gasteiger partial charge in [-0.15, -0.1) is 0 Å². The number of hydrogen-bond acceptors (Lipinski definition) is 2. The molecule has 1 aliphatic rings. The third-order valence-corrected chi connectivity index (χ3v) is 3.80. The molecule has 4 heteroatoms. The first kappa shape index (κ1) is 14.6. The Bertz CT molecular complexity index is 472. The number of hydrogen-bond donors (Lipinski definition) is 2. The lowest BCUT2D eigenvalue weighted by Gasteiger charge is -2.12. The van der Waals surface area contributed by atoms with Crippen molar-refractivity contribution < 1.29 is 14.7 Å². The summed E-state index contributed by atoms with van der Waals surface area (Å²) in [4.78, 5) is 22.3. The Morgan fingerprint density at radius 3 is 2.70 bits per heavy atom. The Kier molecular flexibility index (Phi) is 4.77. The minimum absolute atomic E-state index is 0.0336. The largest absolute Gasteiger partial charge is 0.481 e. The first-order chi connectivity index (χ1) is 9.56. The molecular weight excluding hydrogens is 254 g/mol. The van der Waals surface area contributed by atoms with Crippen molar-refractivity contribution in [3.8, 4) is 0 Å². The van der Waals surface area contributed by atoms with Gasteiger partial charge in [-0.05, 0) is 37.2 Å². The second-order valence-corrected chi connectivity index (χ2v) is 5.62. The van der Waals surface area contributed by atoms with Gasteiger partial charge in [0.25, 0.3) is 0 Å². The Labute approximate surface area is 119 Å². The van der Waals surface area contributed by atoms with Crippen LogP contribution in [0.4, 0.5) is 0 Å². The fraction of sp³-hybridized carbons (Fsp3) is 0.500. The summed E-state index contributed by atoms with van der Waals surface area (Å²) >= 11 is 0. The SMILES string of the molecule is CC(CCC(=O)O)NC(=O)C[C@@H]1C[C@H]1c1ccccc1. The van der Waals surface area contributed by atoms with Crippen LogP contribution in [-0.4, -0.2) is 23.0 Å². The average molecular weight is 275 g/mol. The van der Waals surface area contributed by atoms with Gasteiger partial charge in [-0.2, -0.15) is 0 Å². The van der Waals surface area contributed by atoms with Crippen LogP contribution in [0, 0.1) is 5.92 Å². The second kappa shape index (κ2) is 6.55. The molecule has 0 aliphatic heterocycles. The molecule has 20 heavy (non-hydrogen) atoms. The molecule has 1 unspecified atom stereocenters. The van der Waals surface area contributed by atoms with E-state index in [2.05, 4.69) is 17.4 Å². The smallest absolute Gasteiger partial charge is 0.303 e. The molecule has 0 heterocycles. The van der Waals surface area contributed by atoms with E-state index in [0.29, 0.717) is 24.7 Å². The summed E-state index contributed by atoms with van der Waals surface area (Å²) in [6.45, 7) is 1.85. The normalized spacial score (nSPS) is 22.1. The zero-order valence-electron chi connectivity index (χ0n) is 11.7. The fourth-order valence-corrected chi connectivity index (χ4v) is 2.57. The number of rotatable bonds is 7. The molecule has 1 aromatic rings. The van der Waals surface area contributed by atoms with Gasteiger partial charge in [0.1, 0.15) is 0 Å². The summed E-state index contributed by atoms with van der Waals surface area (Å²) in [5.41, 5.74) is 1.31. The minimum atomic E-state index is -0.822. The molecule has 3 atom stereocenters. The van der Waals surface area contributed by atoms with E-state index in [1.165, 1.54) is 5.56 Å². The molecule has 2 N–H and O–H groups in total. The lowest BCUT2D eigenvalue weighted by atomic mass is 10.1. The second-order valence-electron chi connectivity index (χ2n) is 5.62. The van der Waals surface area contributed by atoms with E-state index in [1.807, 2.05) is 25.1 Å². The summed E-state index contributed by atoms with van der Waals surface area (Å²) in [6, 6.07) is 10.2. The summed E-state index contributed by atoms with van der Waals surface area (Å²) in [5, 5.41) is 11.5. The van der Waals surface area contributed by atoms with Crippen LogP contribution >= 0.6 is 0 Å². The zero-order valence-corrected chi connectivity index (χ0v) is 11.7. The summed E-state index contributed by atoms with van der Waals surface area (Å²) in [6.07, 6.45) is 2.18. The highest BCUT2D eigenvalue weighted by molar-refractivity contribution is 5.77. The lowest BCUT2D eigenvalue weighted by Crippen LogP contribution is -2.33. The Balaban J connectivity index is 1.70. The predicted molar refractivity (Wildman–Crippen MR) is 76.4 cm³/mol. The third-order valence-electron chi connectivity index (χ3n) is 3.80. The highest BCUT2D eigenvalue weighted by Crippen LogP contribution is 2.49. The maximum atomic E-state index is 11.9. The Hall–Kier alpha value is -1.84. The van der Waals surface area contributed by atoms with E-state index >= 15 is 0 Å². The van der Waals surface area contributed by atoms with Crippen LogP contribution in [0.2, 0.25) is 0 Å². The van der Waals surface area contributed by atoms with Crippen LogP contribution < -0.4 is 5.32 Å². The van der Waals surface area contributed by atoms with Gasteiger partial charge in [-0.3, -0.25) is 9.59 Å². The van der Waals surface area contributed by atoms with Crippen LogP contribution in [0.15, 0.2) is 30.3 Å². The van der Waals surface area contributed by atoms with Gasteiger partial charge in [0.15, 0.2) is 0 Å². The summed E-state index contributed by atoms with van der Waals surface area (Å²) in [7, 11) is 0. The lowest BCUT2D eigenvalue weighted by molar-refractivity contribution is -0.137. The predicted octanol–water partition coefficient (Wildman–Crippen LogP) is 2.55. The van der Waals surface area contributed by atoms with Crippen molar-refractivity contribution in [3.05, 3.63) is 35.9 Å². The van der Waals surface area contributed by atoms with Crippen LogP contribution in [0.3, 0.4) is 0 Å². The first-order valence-electron chi connectivity index (χ1n) is 7.12. The van der Waals surface area contributed by atoms with Gasteiger partial charge >= 0.3 is 5.97 Å². The minimum Gasteiger partial charge on any atom is -0.481 e. The molecule has 4 nitrogen and oxygen atoms in total. The monoisotopic (exact) mass is 275 g/mol. The highest BCUT2D eigenvalue weighted by atomic mass is 16.4. The van der Waals surface area contributed by atoms with E-state index < -0.39 is 5.97 Å². The number of benzene rings is 1. The van der Waals surface area contributed by atoms with Crippen molar-refractivity contribution in [3.63, 3.8) is 0 Å². The van der Waals surface area contributed by atoms with Crippen molar-refractivity contribution in [1.29, 1.82) is 0 Å². The Morgan fingerprint density at radius 2 is 2.05 bits per heavy atom. The van der Waals surface area contributed by atoms with Crippen molar-refractivity contribution in [2.75, 3.05) is 0 Å². The Morgan fingerprint density at radius 1 is 1.35 bits per heavy atom. The molecular formula is C16H21NO3. The number of carboxylic acid groups (broad SMARTS) is 1. The molecule has 1 aromatic carbocycles. The van der Waals surface area contributed by atoms with Crippen LogP contribution in [0.25, 0.3) is 0 Å². The molecule has 0 radical (unpaired) electrons. The molecule has 2 rings (SSSR count). The maximum absolute atomic E-state index is 11.9. The number of nitrogens with one attached hydrogen (secondary N) is 1. The molecule has 0 spiro atoms. The topological polar surface area (TPSA) is 66.4 Å². The molecule has 0 bridgehead atoms. The van der Waals surface area contributed by atoms with E-state index in [4.69, 9.17) is 5.11 Å². The molecule has 1 amide bonds. The van der Waals surface area contributed by atoms with Crippen LogP contribution in [0.1, 0.15) is 44.1 Å². The van der Waals surface area contributed by atoms with E-state index in [1.54, 1.807) is 0 Å². The molecule has 0 aromatic heterocycles. The van der Waals surface area contributed by atoms with Crippen molar-refractivity contribution in [2.24, 2.45) is 5.92 Å². The fourth-order valence-electron chi connectivity index (χ4n) is 2.57. The molecule has 1 aliphatic carbocycles. The van der Waals surface area contributed by atoms with Crippen LogP contribution in [-0.2, 0) is 9.59 Å². The van der Waals surface area contributed by atoms with Crippen molar-refractivity contribution in [1.82, 2.24) is 5.32 Å². The molecule has 0 saturated heterocycles. The average Bonchev–Trinajstić information content (AvgIpc) is 3.16. The van der Waals surface area contributed by atoms with Gasteiger partial charge in [-0.25, -0.2) is 0 Å². The number of carbonyl (C=O) groups excluding carboxylic acids is 1. The van der Waals surface area contributed by atoms with Gasteiger partial charge in [0.2, 0.25) is 5.91 Å². The standard InChI is InChI=1S/C16H21NO3/c1-11(7-8-16(19)20)17-15(18)10-13-9-14(13)12-5-3-2-4-6-12/h2-6,11,13-14H,7-10H2,1H3,(H,17,18)(H,19,20)/t11?,13-,14-/m0/s1. The number of carbonyl (C=O) groups is 2. The quantitative estimate of drug-likeness (QED) is 0.803. The summed E-state index contributed by atoms with van der Waals surface area (Å²) in [5.74, 6) is 0.157. The van der Waals surface area contributed by atoms with Gasteiger partial charge < -0.3 is 10.4 Å². The third kappa shape index (κ3) is 4.37. The van der Waals surface area contributed by atoms with Gasteiger partial charge in [0.05, 0.1) is 0 Å². The first-order valence-corrected chi connectivity index (χ1v) is 7.12. The van der Waals surface area contributed by atoms with Crippen LogP contribution in [0.5, 0.6) is 0 Å². The molecule has 108 valence electrons. The number of amides is 1. The van der Waals surface area contributed by atoms with Crippen molar-refractivity contribution in [2.45, 2.75) is 44.6 Å².